The molecule has 17 heavy (non-hydrogen) atoms. The van der Waals surface area contributed by atoms with Gasteiger partial charge in [-0.2, -0.15) is 0 Å². The predicted octanol–water partition coefficient (Wildman–Crippen LogP) is 1.30. The van der Waals surface area contributed by atoms with Gasteiger partial charge in [0.1, 0.15) is 0 Å². The van der Waals surface area contributed by atoms with E-state index in [1.807, 2.05) is 57.5 Å². The summed E-state index contributed by atoms with van der Waals surface area (Å²) >= 11 is 0. The molecule has 0 saturated heterocycles. The molecule has 0 unspecified atom stereocenters. The Morgan fingerprint density at radius 1 is 1.06 bits per heavy atom. The number of hydrogen-bond donors (Lipinski definition) is 1. The summed E-state index contributed by atoms with van der Waals surface area (Å²) in [6.45, 7) is 1.33. The van der Waals surface area contributed by atoms with Crippen molar-refractivity contribution < 1.29 is 18.4 Å². The van der Waals surface area contributed by atoms with Crippen LogP contribution in [0, 0.1) is 63.2 Å². The molecule has 10 radical (unpaired) electrons. The van der Waals surface area contributed by atoms with Crippen LogP contribution in [-0.2, 0) is 17.1 Å². The fourth-order valence-corrected chi connectivity index (χ4v) is 1.41. The first-order chi connectivity index (χ1) is 8.15. The molecule has 2 aliphatic rings. The Bertz CT molecular complexity index is 191. The zero-order valence-corrected chi connectivity index (χ0v) is 11.4. The quantitative estimate of drug-likeness (QED) is 0.785. The molecule has 3 heteroatoms. The van der Waals surface area contributed by atoms with Crippen molar-refractivity contribution in [3.8, 4) is 0 Å². The largest absolute Gasteiger partial charge is 2.00 e. The van der Waals surface area contributed by atoms with Gasteiger partial charge < -0.3 is 10.6 Å². The second kappa shape index (κ2) is 10.4. The van der Waals surface area contributed by atoms with E-state index in [0.29, 0.717) is 12.9 Å². The van der Waals surface area contributed by atoms with Crippen LogP contribution in [0.5, 0.6) is 0 Å². The minimum absolute atomic E-state index is 0. The van der Waals surface area contributed by atoms with Gasteiger partial charge in [0.25, 0.3) is 0 Å². The molecule has 0 spiro atoms. The Morgan fingerprint density at radius 2 is 1.59 bits per heavy atom. The van der Waals surface area contributed by atoms with Gasteiger partial charge in [0.15, 0.2) is 0 Å². The summed E-state index contributed by atoms with van der Waals surface area (Å²) in [5.41, 5.74) is 5.54. The van der Waals surface area contributed by atoms with E-state index in [4.69, 9.17) is 7.10 Å². The third-order valence-corrected chi connectivity index (χ3v) is 2.18. The molecular weight excluding hydrogens is 252 g/mol. The molecule has 0 aromatic carbocycles. The summed E-state index contributed by atoms with van der Waals surface area (Å²) in [5.74, 6) is 2.15. The van der Waals surface area contributed by atoms with Crippen molar-refractivity contribution in [3.63, 3.8) is 0 Å². The van der Waals surface area contributed by atoms with Crippen LogP contribution in [0.1, 0.15) is 1.37 Å². The van der Waals surface area contributed by atoms with Crippen LogP contribution in [0.3, 0.4) is 0 Å². The van der Waals surface area contributed by atoms with E-state index >= 15 is 0 Å². The molecule has 2 N–H and O–H groups in total. The van der Waals surface area contributed by atoms with Crippen molar-refractivity contribution >= 4 is 0 Å². The first-order valence-corrected chi connectivity index (χ1v) is 5.40. The van der Waals surface area contributed by atoms with Crippen molar-refractivity contribution in [1.82, 2.24) is 4.90 Å². The number of nitrogens with two attached hydrogens (primary N) is 1. The van der Waals surface area contributed by atoms with Crippen LogP contribution in [0.15, 0.2) is 0 Å². The smallest absolute Gasteiger partial charge is 0.330 e. The Morgan fingerprint density at radius 3 is 2.00 bits per heavy atom. The van der Waals surface area contributed by atoms with Crippen molar-refractivity contribution in [1.29, 1.82) is 0 Å². The summed E-state index contributed by atoms with van der Waals surface area (Å²) in [7, 11) is 3.99. The first kappa shape index (κ1) is 15.5. The summed E-state index contributed by atoms with van der Waals surface area (Å²) in [6.07, 6.45) is 14.3. The van der Waals surface area contributed by atoms with Crippen molar-refractivity contribution in [2.45, 2.75) is 0 Å². The van der Waals surface area contributed by atoms with Crippen LogP contribution in [0.25, 0.3) is 0 Å². The van der Waals surface area contributed by atoms with Gasteiger partial charge in [-0.3, -0.25) is 0 Å². The van der Waals surface area contributed by atoms with Crippen LogP contribution < -0.4 is 5.73 Å². The summed E-state index contributed by atoms with van der Waals surface area (Å²) in [4.78, 5) is 2.05. The molecule has 0 bridgehead atoms. The van der Waals surface area contributed by atoms with Gasteiger partial charge in [-0.05, 0) is 72.0 Å². The first-order valence-electron chi connectivity index (χ1n) is 5.90. The van der Waals surface area contributed by atoms with Gasteiger partial charge >= 0.3 is 17.1 Å². The Kier molecular flexibility index (Phi) is 9.45. The van der Waals surface area contributed by atoms with Crippen molar-refractivity contribution in [3.05, 3.63) is 63.2 Å². The predicted molar refractivity (Wildman–Crippen MR) is 68.5 cm³/mol. The maximum absolute atomic E-state index is 7.61. The zero-order valence-electron chi connectivity index (χ0n) is 11.3. The molecule has 0 aromatic rings. The maximum Gasteiger partial charge on any atom is 2.00 e. The minimum Gasteiger partial charge on any atom is -0.330 e. The van der Waals surface area contributed by atoms with E-state index in [1.54, 1.807) is 6.42 Å². The second-order valence-electron chi connectivity index (χ2n) is 3.89. The summed E-state index contributed by atoms with van der Waals surface area (Å²) < 4.78 is 7.61. The molecule has 2 nitrogen and oxygen atoms in total. The normalized spacial score (nSPS) is 23.2. The SMILES string of the molecule is [2H][C]1[CH][CH][C](CN)[C]1CN(C)C.[CH]1[CH][CH][CH][CH]1.[Fe+2]. The monoisotopic (exact) mass is 273 g/mol. The van der Waals surface area contributed by atoms with Gasteiger partial charge in [0.05, 0.1) is 0 Å². The molecule has 2 fully saturated rings. The fraction of sp³-hybridized carbons (Fsp3) is 0.286. The molecule has 0 heterocycles. The summed E-state index contributed by atoms with van der Waals surface area (Å²) in [5, 5.41) is 0. The number of rotatable bonds is 3. The molecule has 0 aromatic heterocycles. The summed E-state index contributed by atoms with van der Waals surface area (Å²) in [6, 6.07) is 0. The Hall–Kier alpha value is 0.439. The van der Waals surface area contributed by atoms with Gasteiger partial charge in [-0.15, -0.1) is 0 Å². The van der Waals surface area contributed by atoms with Crippen LogP contribution in [-0.4, -0.2) is 32.1 Å². The third-order valence-electron chi connectivity index (χ3n) is 2.18. The molecule has 2 rings (SSSR count). The topological polar surface area (TPSA) is 29.3 Å². The van der Waals surface area contributed by atoms with Crippen LogP contribution in [0.4, 0.5) is 0 Å². The van der Waals surface area contributed by atoms with Gasteiger partial charge in [-0.25, -0.2) is 0 Å². The molecule has 0 aliphatic heterocycles. The Balaban J connectivity index is 0.000000405. The van der Waals surface area contributed by atoms with E-state index in [-0.39, 0.29) is 17.1 Å². The van der Waals surface area contributed by atoms with Gasteiger partial charge in [0.2, 0.25) is 0 Å². The minimum atomic E-state index is 0. The van der Waals surface area contributed by atoms with E-state index < -0.39 is 0 Å². The third kappa shape index (κ3) is 7.46. The average molecular weight is 273 g/mol. The van der Waals surface area contributed by atoms with E-state index in [1.165, 1.54) is 0 Å². The molecular formula is C14H20FeN2+2. The number of nitrogens with zero attached hydrogens (tertiary/aromatic N) is 1. The molecule has 0 atom stereocenters. The fourth-order valence-electron chi connectivity index (χ4n) is 1.41. The van der Waals surface area contributed by atoms with Crippen LogP contribution in [0.2, 0.25) is 0 Å². The Labute approximate surface area is 120 Å². The molecule has 2 saturated carbocycles. The van der Waals surface area contributed by atoms with E-state index in [2.05, 4.69) is 0 Å². The van der Waals surface area contributed by atoms with Gasteiger partial charge in [-0.1, -0.05) is 0 Å². The maximum atomic E-state index is 7.61. The standard InChI is InChI=1S/C9H15N2.C5H5.Fe/c1-11(2)7-9-5-3-4-8(9)6-10;1-2-4-5-3-1;/h3-5H,6-7,10H2,1-2H3;1-5H;/q;;+2/i5D;;. The molecule has 0 amide bonds. The zero-order chi connectivity index (χ0) is 12.7. The second-order valence-corrected chi connectivity index (χ2v) is 3.89. The van der Waals surface area contributed by atoms with Crippen LogP contribution >= 0.6 is 0 Å². The van der Waals surface area contributed by atoms with Crippen molar-refractivity contribution in [2.75, 3.05) is 27.2 Å². The van der Waals surface area contributed by atoms with E-state index in [9.17, 15) is 0 Å². The number of hydrogen-bond acceptors (Lipinski definition) is 2. The van der Waals surface area contributed by atoms with Gasteiger partial charge in [0, 0.05) is 19.8 Å². The van der Waals surface area contributed by atoms with Crippen molar-refractivity contribution in [2.24, 2.45) is 5.73 Å². The average Bonchev–Trinajstić information content (AvgIpc) is 2.93. The molecule has 92 valence electrons. The molecule has 2 aliphatic carbocycles. The van der Waals surface area contributed by atoms with E-state index in [0.717, 1.165) is 18.4 Å².